The molecule has 0 aliphatic heterocycles. The maximum Gasteiger partial charge on any atom is 0.352 e. The molecule has 4 rings (SSSR count). The van der Waals surface area contributed by atoms with Gasteiger partial charge in [-0.2, -0.15) is 0 Å². The summed E-state index contributed by atoms with van der Waals surface area (Å²) in [5.74, 6) is 0.450. The van der Waals surface area contributed by atoms with Gasteiger partial charge in [0.05, 0.1) is 0 Å². The van der Waals surface area contributed by atoms with Crippen LogP contribution in [0.25, 0.3) is 10.9 Å². The van der Waals surface area contributed by atoms with Crippen LogP contribution in [-0.2, 0) is 13.1 Å². The lowest BCUT2D eigenvalue weighted by Gasteiger charge is -2.34. The van der Waals surface area contributed by atoms with Gasteiger partial charge in [0.25, 0.3) is 0 Å². The predicted octanol–water partition coefficient (Wildman–Crippen LogP) is 5.61. The highest BCUT2D eigenvalue weighted by molar-refractivity contribution is 5.98. The summed E-state index contributed by atoms with van der Waals surface area (Å²) in [7, 11) is 0. The Morgan fingerprint density at radius 3 is 2.57 bits per heavy atom. The van der Waals surface area contributed by atoms with E-state index in [1.165, 1.54) is 18.4 Å². The minimum Gasteiger partial charge on any atom is -0.477 e. The lowest BCUT2D eigenvalue weighted by atomic mass is 9.78. The third kappa shape index (κ3) is 4.01. The van der Waals surface area contributed by atoms with E-state index in [2.05, 4.69) is 56.4 Å². The van der Waals surface area contributed by atoms with Crippen LogP contribution in [0.15, 0.2) is 48.5 Å². The zero-order chi connectivity index (χ0) is 21.3. The van der Waals surface area contributed by atoms with E-state index in [0.717, 1.165) is 28.5 Å². The Morgan fingerprint density at radius 2 is 1.83 bits per heavy atom. The standard InChI is InChI=1S/C26H32N2O2/c1-17-11-13-20(14-12-17)16-28-24-10-5-4-8-21(24)22(25(28)26(29)30)15-27-23-9-6-7-18(2)19(23)3/h4-5,8,10-14,18-19,23,27H,6-7,9,15-16H2,1-3H3,(H,29,30)/t18-,19+,23+/m0/s1. The molecule has 1 heterocycles. The number of benzene rings is 2. The van der Waals surface area contributed by atoms with Crippen LogP contribution in [0.2, 0.25) is 0 Å². The van der Waals surface area contributed by atoms with Crippen LogP contribution in [0.1, 0.15) is 60.3 Å². The number of aromatic nitrogens is 1. The molecule has 158 valence electrons. The smallest absolute Gasteiger partial charge is 0.352 e. The molecular weight excluding hydrogens is 372 g/mol. The molecule has 0 amide bonds. The molecule has 1 aliphatic carbocycles. The first-order chi connectivity index (χ1) is 14.5. The van der Waals surface area contributed by atoms with E-state index in [1.807, 2.05) is 22.8 Å². The fourth-order valence-corrected chi connectivity index (χ4v) is 4.94. The molecule has 1 saturated carbocycles. The lowest BCUT2D eigenvalue weighted by molar-refractivity contribution is 0.0684. The molecule has 0 unspecified atom stereocenters. The van der Waals surface area contributed by atoms with Gasteiger partial charge in [-0.3, -0.25) is 0 Å². The molecule has 0 bridgehead atoms. The van der Waals surface area contributed by atoms with Gasteiger partial charge in [0.15, 0.2) is 0 Å². The second-order valence-electron chi connectivity index (χ2n) is 8.98. The van der Waals surface area contributed by atoms with Crippen molar-refractivity contribution in [3.8, 4) is 0 Å². The fraction of sp³-hybridized carbons (Fsp3) is 0.423. The number of fused-ring (bicyclic) bond motifs is 1. The van der Waals surface area contributed by atoms with Crippen molar-refractivity contribution < 1.29 is 9.90 Å². The molecule has 1 aromatic heterocycles. The number of para-hydroxylation sites is 1. The molecule has 4 heteroatoms. The number of hydrogen-bond acceptors (Lipinski definition) is 2. The van der Waals surface area contributed by atoms with Crippen LogP contribution in [-0.4, -0.2) is 21.7 Å². The molecule has 0 spiro atoms. The van der Waals surface area contributed by atoms with Crippen molar-refractivity contribution in [3.05, 3.63) is 70.9 Å². The summed E-state index contributed by atoms with van der Waals surface area (Å²) in [6.45, 7) is 7.85. The van der Waals surface area contributed by atoms with Gasteiger partial charge in [-0.15, -0.1) is 0 Å². The topological polar surface area (TPSA) is 54.3 Å². The number of carboxylic acid groups (broad SMARTS) is 1. The Kier molecular flexibility index (Phi) is 5.96. The van der Waals surface area contributed by atoms with Crippen molar-refractivity contribution in [2.24, 2.45) is 11.8 Å². The number of hydrogen-bond donors (Lipinski definition) is 2. The highest BCUT2D eigenvalue weighted by Crippen LogP contribution is 2.31. The highest BCUT2D eigenvalue weighted by Gasteiger charge is 2.28. The van der Waals surface area contributed by atoms with E-state index < -0.39 is 5.97 Å². The maximum absolute atomic E-state index is 12.4. The SMILES string of the molecule is Cc1ccc(Cn2c(C(=O)O)c(CN[C@@H]3CCC[C@H](C)[C@H]3C)c3ccccc32)cc1. The second-order valence-corrected chi connectivity index (χ2v) is 8.98. The zero-order valence-electron chi connectivity index (χ0n) is 18.2. The second kappa shape index (κ2) is 8.65. The summed E-state index contributed by atoms with van der Waals surface area (Å²) in [6, 6.07) is 16.8. The van der Waals surface area contributed by atoms with Gasteiger partial charge in [0.2, 0.25) is 0 Å². The quantitative estimate of drug-likeness (QED) is 0.561. The normalized spacial score (nSPS) is 21.8. The Balaban J connectivity index is 1.71. The average Bonchev–Trinajstić information content (AvgIpc) is 3.04. The van der Waals surface area contributed by atoms with Crippen molar-refractivity contribution >= 4 is 16.9 Å². The summed E-state index contributed by atoms with van der Waals surface area (Å²) < 4.78 is 1.96. The van der Waals surface area contributed by atoms with Gasteiger partial charge >= 0.3 is 5.97 Å². The zero-order valence-corrected chi connectivity index (χ0v) is 18.2. The van der Waals surface area contributed by atoms with Crippen LogP contribution in [0.3, 0.4) is 0 Å². The maximum atomic E-state index is 12.4. The number of rotatable bonds is 6. The molecular formula is C26H32N2O2. The van der Waals surface area contributed by atoms with Crippen LogP contribution < -0.4 is 5.32 Å². The number of nitrogens with one attached hydrogen (secondary N) is 1. The molecule has 30 heavy (non-hydrogen) atoms. The third-order valence-corrected chi connectivity index (χ3v) is 6.99. The first kappa shape index (κ1) is 20.7. The Bertz CT molecular complexity index is 1040. The molecule has 0 saturated heterocycles. The minimum absolute atomic E-state index is 0.404. The van der Waals surface area contributed by atoms with Crippen molar-refractivity contribution in [1.82, 2.24) is 9.88 Å². The van der Waals surface area contributed by atoms with Crippen molar-refractivity contribution in [1.29, 1.82) is 0 Å². The predicted molar refractivity (Wildman–Crippen MR) is 122 cm³/mol. The summed E-state index contributed by atoms with van der Waals surface area (Å²) in [4.78, 5) is 12.4. The van der Waals surface area contributed by atoms with Gasteiger partial charge in [-0.05, 0) is 36.8 Å². The first-order valence-corrected chi connectivity index (χ1v) is 11.1. The van der Waals surface area contributed by atoms with E-state index in [4.69, 9.17) is 0 Å². The Hall–Kier alpha value is -2.59. The summed E-state index contributed by atoms with van der Waals surface area (Å²) in [5, 5.41) is 14.9. The third-order valence-electron chi connectivity index (χ3n) is 6.99. The monoisotopic (exact) mass is 404 g/mol. The number of aromatic carboxylic acids is 1. The number of aryl methyl sites for hydroxylation is 1. The van der Waals surface area contributed by atoms with Crippen molar-refractivity contribution in [2.45, 2.75) is 59.2 Å². The van der Waals surface area contributed by atoms with Crippen LogP contribution in [0, 0.1) is 18.8 Å². The average molecular weight is 405 g/mol. The van der Waals surface area contributed by atoms with Crippen LogP contribution in [0.5, 0.6) is 0 Å². The minimum atomic E-state index is -0.861. The van der Waals surface area contributed by atoms with Crippen molar-refractivity contribution in [2.75, 3.05) is 0 Å². The fourth-order valence-electron chi connectivity index (χ4n) is 4.94. The number of nitrogens with zero attached hydrogens (tertiary/aromatic N) is 1. The summed E-state index contributed by atoms with van der Waals surface area (Å²) in [6.07, 6.45) is 3.69. The molecule has 2 aromatic carbocycles. The van der Waals surface area contributed by atoms with Gasteiger partial charge in [0, 0.05) is 35.6 Å². The lowest BCUT2D eigenvalue weighted by Crippen LogP contribution is -2.40. The van der Waals surface area contributed by atoms with E-state index in [9.17, 15) is 9.90 Å². The van der Waals surface area contributed by atoms with Gasteiger partial charge in [-0.25, -0.2) is 4.79 Å². The van der Waals surface area contributed by atoms with E-state index >= 15 is 0 Å². The van der Waals surface area contributed by atoms with Gasteiger partial charge in [-0.1, -0.05) is 74.7 Å². The molecule has 3 atom stereocenters. The first-order valence-electron chi connectivity index (χ1n) is 11.1. The summed E-state index contributed by atoms with van der Waals surface area (Å²) in [5.41, 5.74) is 4.60. The molecule has 2 N–H and O–H groups in total. The highest BCUT2D eigenvalue weighted by atomic mass is 16.4. The Labute approximate surface area is 178 Å². The molecule has 3 aromatic rings. The molecule has 1 aliphatic rings. The van der Waals surface area contributed by atoms with E-state index in [-0.39, 0.29) is 0 Å². The Morgan fingerprint density at radius 1 is 1.10 bits per heavy atom. The van der Waals surface area contributed by atoms with E-state index in [0.29, 0.717) is 36.7 Å². The number of carbonyl (C=O) groups is 1. The van der Waals surface area contributed by atoms with Crippen LogP contribution in [0.4, 0.5) is 0 Å². The van der Waals surface area contributed by atoms with E-state index in [1.54, 1.807) is 0 Å². The van der Waals surface area contributed by atoms with Crippen LogP contribution >= 0.6 is 0 Å². The van der Waals surface area contributed by atoms with Gasteiger partial charge in [0.1, 0.15) is 5.69 Å². The molecule has 1 fully saturated rings. The summed E-state index contributed by atoms with van der Waals surface area (Å²) >= 11 is 0. The number of carboxylic acids is 1. The largest absolute Gasteiger partial charge is 0.477 e. The van der Waals surface area contributed by atoms with Gasteiger partial charge < -0.3 is 15.0 Å². The van der Waals surface area contributed by atoms with Crippen molar-refractivity contribution in [3.63, 3.8) is 0 Å². The molecule has 4 nitrogen and oxygen atoms in total. The molecule has 0 radical (unpaired) electrons.